The Morgan fingerprint density at radius 3 is 2.44 bits per heavy atom. The summed E-state index contributed by atoms with van der Waals surface area (Å²) >= 11 is 0. The molecule has 1 aliphatic carbocycles. The monoisotopic (exact) mass is 124 g/mol. The molecule has 1 nitrogen and oxygen atoms in total. The molecule has 1 aliphatic rings. The zero-order valence-corrected chi connectivity index (χ0v) is 5.89. The van der Waals surface area contributed by atoms with Crippen LogP contribution in [-0.4, -0.2) is 10.7 Å². The molecule has 0 aromatic rings. The predicted octanol–water partition coefficient (Wildman–Crippen LogP) is 1.64. The van der Waals surface area contributed by atoms with Gasteiger partial charge in [0, 0.05) is 0 Å². The molecule has 0 aromatic carbocycles. The molecule has 0 radical (unpaired) electrons. The van der Waals surface area contributed by atoms with Gasteiger partial charge in [0.15, 0.2) is 0 Å². The van der Waals surface area contributed by atoms with E-state index in [0.29, 0.717) is 0 Å². The van der Waals surface area contributed by atoms with E-state index in [4.69, 9.17) is 0 Å². The molecule has 0 unspecified atom stereocenters. The highest BCUT2D eigenvalue weighted by Crippen LogP contribution is 2.21. The fourth-order valence-electron chi connectivity index (χ4n) is 0.912. The minimum absolute atomic E-state index is 0.646. The molecule has 1 N–H and O–H groups in total. The average Bonchev–Trinajstić information content (AvgIpc) is 2.08. The maximum Gasteiger partial charge on any atom is 0.0837 e. The van der Waals surface area contributed by atoms with Crippen LogP contribution in [0.3, 0.4) is 0 Å². The summed E-state index contributed by atoms with van der Waals surface area (Å²) in [5.41, 5.74) is 0.384. The van der Waals surface area contributed by atoms with Gasteiger partial charge in [0.25, 0.3) is 0 Å². The van der Waals surface area contributed by atoms with E-state index in [-0.39, 0.29) is 0 Å². The molecule has 50 valence electrons. The second-order valence-electron chi connectivity index (χ2n) is 2.86. The first kappa shape index (κ1) is 6.56. The van der Waals surface area contributed by atoms with E-state index in [0.717, 1.165) is 12.0 Å². The van der Waals surface area contributed by atoms with Gasteiger partial charge in [-0.05, 0) is 25.8 Å². The van der Waals surface area contributed by atoms with E-state index in [1.54, 1.807) is 13.8 Å². The molecular weight excluding hydrogens is 112 g/mol. The fraction of sp³-hybridized carbons (Fsp3) is 0.500. The van der Waals surface area contributed by atoms with Crippen molar-refractivity contribution >= 4 is 0 Å². The van der Waals surface area contributed by atoms with Crippen LogP contribution in [0.5, 0.6) is 0 Å². The van der Waals surface area contributed by atoms with Gasteiger partial charge in [-0.25, -0.2) is 0 Å². The zero-order valence-electron chi connectivity index (χ0n) is 5.89. The zero-order chi connectivity index (χ0) is 6.91. The molecule has 0 aromatic heterocycles. The number of aliphatic hydroxyl groups is 1. The molecule has 0 aliphatic heterocycles. The Kier molecular flexibility index (Phi) is 1.45. The highest BCUT2D eigenvalue weighted by Gasteiger charge is 2.17. The number of hydrogen-bond acceptors (Lipinski definition) is 1. The normalized spacial score (nSPS) is 18.3. The molecule has 1 rings (SSSR count). The molecule has 0 saturated heterocycles. The van der Waals surface area contributed by atoms with Crippen molar-refractivity contribution in [3.63, 3.8) is 0 Å². The van der Waals surface area contributed by atoms with Crippen LogP contribution in [0.4, 0.5) is 0 Å². The Bertz CT molecular complexity index is 158. The van der Waals surface area contributed by atoms with E-state index in [2.05, 4.69) is 0 Å². The molecule has 0 spiro atoms. The summed E-state index contributed by atoms with van der Waals surface area (Å²) in [7, 11) is 0. The van der Waals surface area contributed by atoms with Gasteiger partial charge in [-0.2, -0.15) is 0 Å². The lowest BCUT2D eigenvalue weighted by molar-refractivity contribution is 0.124. The number of allylic oxidation sites excluding steroid dienone is 2. The lowest BCUT2D eigenvalue weighted by Gasteiger charge is -2.16. The minimum Gasteiger partial charge on any atom is -0.386 e. The third-order valence-electron chi connectivity index (χ3n) is 1.48. The maximum atomic E-state index is 9.40. The van der Waals surface area contributed by atoms with Gasteiger partial charge in [0.1, 0.15) is 0 Å². The van der Waals surface area contributed by atoms with Crippen LogP contribution < -0.4 is 0 Å². The average molecular weight is 124 g/mol. The Balaban J connectivity index is 2.73. The number of hydrogen-bond donors (Lipinski definition) is 1. The smallest absolute Gasteiger partial charge is 0.0837 e. The summed E-state index contributed by atoms with van der Waals surface area (Å²) in [6, 6.07) is 0. The Morgan fingerprint density at radius 2 is 2.22 bits per heavy atom. The van der Waals surface area contributed by atoms with Crippen LogP contribution in [0.2, 0.25) is 0 Å². The SMILES string of the molecule is CC(C)(O)C1=CCC=C1. The van der Waals surface area contributed by atoms with E-state index in [9.17, 15) is 5.11 Å². The summed E-state index contributed by atoms with van der Waals surface area (Å²) < 4.78 is 0. The van der Waals surface area contributed by atoms with Gasteiger partial charge in [0.2, 0.25) is 0 Å². The lowest BCUT2D eigenvalue weighted by atomic mass is 10.00. The van der Waals surface area contributed by atoms with E-state index in [1.807, 2.05) is 18.2 Å². The minimum atomic E-state index is -0.646. The van der Waals surface area contributed by atoms with Crippen LogP contribution in [0.15, 0.2) is 23.8 Å². The van der Waals surface area contributed by atoms with Crippen molar-refractivity contribution in [2.24, 2.45) is 0 Å². The largest absolute Gasteiger partial charge is 0.386 e. The van der Waals surface area contributed by atoms with E-state index in [1.165, 1.54) is 0 Å². The van der Waals surface area contributed by atoms with Gasteiger partial charge < -0.3 is 5.11 Å². The van der Waals surface area contributed by atoms with Crippen molar-refractivity contribution in [2.45, 2.75) is 25.9 Å². The van der Waals surface area contributed by atoms with Crippen molar-refractivity contribution in [1.82, 2.24) is 0 Å². The number of rotatable bonds is 1. The van der Waals surface area contributed by atoms with Crippen LogP contribution in [0.25, 0.3) is 0 Å². The van der Waals surface area contributed by atoms with Gasteiger partial charge in [-0.15, -0.1) is 0 Å². The third-order valence-corrected chi connectivity index (χ3v) is 1.48. The van der Waals surface area contributed by atoms with Gasteiger partial charge >= 0.3 is 0 Å². The van der Waals surface area contributed by atoms with Crippen molar-refractivity contribution in [2.75, 3.05) is 0 Å². The third kappa shape index (κ3) is 1.42. The molecule has 0 saturated carbocycles. The first-order chi connectivity index (χ1) is 4.11. The van der Waals surface area contributed by atoms with Crippen molar-refractivity contribution in [3.8, 4) is 0 Å². The van der Waals surface area contributed by atoms with Crippen LogP contribution >= 0.6 is 0 Å². The first-order valence-corrected chi connectivity index (χ1v) is 3.20. The maximum absolute atomic E-state index is 9.40. The molecule has 1 heteroatoms. The molecule has 0 bridgehead atoms. The predicted molar refractivity (Wildman–Crippen MR) is 38.1 cm³/mol. The first-order valence-electron chi connectivity index (χ1n) is 3.20. The van der Waals surface area contributed by atoms with Crippen molar-refractivity contribution in [1.29, 1.82) is 0 Å². The van der Waals surface area contributed by atoms with Gasteiger partial charge in [-0.3, -0.25) is 0 Å². The topological polar surface area (TPSA) is 20.2 Å². The molecule has 0 heterocycles. The van der Waals surface area contributed by atoms with Crippen LogP contribution in [0.1, 0.15) is 20.3 Å². The Labute approximate surface area is 55.7 Å². The molecule has 0 atom stereocenters. The Morgan fingerprint density at radius 1 is 1.56 bits per heavy atom. The van der Waals surface area contributed by atoms with Crippen molar-refractivity contribution < 1.29 is 5.11 Å². The highest BCUT2D eigenvalue weighted by atomic mass is 16.3. The van der Waals surface area contributed by atoms with Gasteiger partial charge in [-0.1, -0.05) is 18.2 Å². The Hall–Kier alpha value is -0.560. The second-order valence-corrected chi connectivity index (χ2v) is 2.86. The molecular formula is C8H12O. The summed E-state index contributed by atoms with van der Waals surface area (Å²) in [5.74, 6) is 0. The summed E-state index contributed by atoms with van der Waals surface area (Å²) in [5, 5.41) is 9.40. The summed E-state index contributed by atoms with van der Waals surface area (Å²) in [6.07, 6.45) is 7.03. The molecule has 0 amide bonds. The van der Waals surface area contributed by atoms with E-state index >= 15 is 0 Å². The van der Waals surface area contributed by atoms with Gasteiger partial charge in [0.05, 0.1) is 5.60 Å². The van der Waals surface area contributed by atoms with Crippen molar-refractivity contribution in [3.05, 3.63) is 23.8 Å². The van der Waals surface area contributed by atoms with E-state index < -0.39 is 5.60 Å². The summed E-state index contributed by atoms with van der Waals surface area (Å²) in [4.78, 5) is 0. The highest BCUT2D eigenvalue weighted by molar-refractivity contribution is 5.32. The fourth-order valence-corrected chi connectivity index (χ4v) is 0.912. The lowest BCUT2D eigenvalue weighted by Crippen LogP contribution is -2.19. The molecule has 0 fully saturated rings. The van der Waals surface area contributed by atoms with Crippen LogP contribution in [0, 0.1) is 0 Å². The quantitative estimate of drug-likeness (QED) is 0.563. The van der Waals surface area contributed by atoms with Crippen LogP contribution in [-0.2, 0) is 0 Å². The second kappa shape index (κ2) is 1.99. The summed E-state index contributed by atoms with van der Waals surface area (Å²) in [6.45, 7) is 3.60. The standard InChI is InChI=1S/C8H12O/c1-8(2,9)7-5-3-4-6-7/h3,5-6,9H,4H2,1-2H3. The molecule has 9 heavy (non-hydrogen) atoms.